The van der Waals surface area contributed by atoms with Crippen LogP contribution in [0.25, 0.3) is 0 Å². The Hall–Kier alpha value is -2.17. The van der Waals surface area contributed by atoms with E-state index in [1.807, 2.05) is 9.80 Å². The highest BCUT2D eigenvalue weighted by Crippen LogP contribution is 2.21. The van der Waals surface area contributed by atoms with Crippen molar-refractivity contribution < 1.29 is 9.59 Å². The van der Waals surface area contributed by atoms with Crippen molar-refractivity contribution in [3.8, 4) is 0 Å². The molecule has 1 aromatic rings. The lowest BCUT2D eigenvalue weighted by Crippen LogP contribution is -2.40. The van der Waals surface area contributed by atoms with Crippen LogP contribution in [-0.2, 0) is 4.79 Å². The molecule has 0 radical (unpaired) electrons. The predicted molar refractivity (Wildman–Crippen MR) is 87.8 cm³/mol. The summed E-state index contributed by atoms with van der Waals surface area (Å²) in [4.78, 5) is 32.9. The molecule has 3 rings (SSSR count). The average Bonchev–Trinajstić information content (AvgIpc) is 2.88. The van der Waals surface area contributed by atoms with Crippen LogP contribution in [0.5, 0.6) is 0 Å². The third-order valence-electron chi connectivity index (χ3n) is 4.62. The van der Waals surface area contributed by atoms with Crippen LogP contribution in [0.3, 0.4) is 0 Å². The predicted octanol–water partition coefficient (Wildman–Crippen LogP) is 2.11. The van der Waals surface area contributed by atoms with Gasteiger partial charge < -0.3 is 9.80 Å². The second-order valence-corrected chi connectivity index (χ2v) is 6.19. The number of nitrogens with zero attached hydrogens (tertiary/aromatic N) is 3. The molecule has 23 heavy (non-hydrogen) atoms. The first-order valence-corrected chi connectivity index (χ1v) is 8.39. The molecule has 5 heteroatoms. The Morgan fingerprint density at radius 1 is 1.09 bits per heavy atom. The van der Waals surface area contributed by atoms with Gasteiger partial charge in [-0.2, -0.15) is 0 Å². The zero-order chi connectivity index (χ0) is 16.1. The van der Waals surface area contributed by atoms with Gasteiger partial charge in [0.05, 0.1) is 5.56 Å². The summed E-state index contributed by atoms with van der Waals surface area (Å²) >= 11 is 0. The largest absolute Gasteiger partial charge is 0.341 e. The maximum Gasteiger partial charge on any atom is 0.255 e. The molecular formula is C18H23N3O2. The molecular weight excluding hydrogens is 290 g/mol. The molecule has 2 amide bonds. The normalized spacial score (nSPS) is 21.8. The van der Waals surface area contributed by atoms with Crippen molar-refractivity contribution in [1.82, 2.24) is 14.8 Å². The topological polar surface area (TPSA) is 53.5 Å². The van der Waals surface area contributed by atoms with Gasteiger partial charge in [-0.05, 0) is 37.8 Å². The molecule has 0 spiro atoms. The number of rotatable bonds is 2. The molecule has 1 atom stereocenters. The summed E-state index contributed by atoms with van der Waals surface area (Å²) < 4.78 is 0. The molecule has 0 aromatic carbocycles. The van der Waals surface area contributed by atoms with E-state index in [-0.39, 0.29) is 17.7 Å². The third-order valence-corrected chi connectivity index (χ3v) is 4.62. The summed E-state index contributed by atoms with van der Waals surface area (Å²) in [6, 6.07) is 3.56. The first-order valence-electron chi connectivity index (χ1n) is 8.39. The Bertz CT molecular complexity index is 585. The third kappa shape index (κ3) is 3.78. The molecule has 0 bridgehead atoms. The molecule has 1 unspecified atom stereocenters. The second-order valence-electron chi connectivity index (χ2n) is 6.19. The van der Waals surface area contributed by atoms with E-state index in [0.717, 1.165) is 32.2 Å². The Morgan fingerprint density at radius 3 is 2.65 bits per heavy atom. The van der Waals surface area contributed by atoms with E-state index >= 15 is 0 Å². The lowest BCUT2D eigenvalue weighted by molar-refractivity contribution is -0.135. The van der Waals surface area contributed by atoms with Gasteiger partial charge in [-0.15, -0.1) is 0 Å². The average molecular weight is 313 g/mol. The summed E-state index contributed by atoms with van der Waals surface area (Å²) in [5.74, 6) is 0.388. The highest BCUT2D eigenvalue weighted by Gasteiger charge is 2.27. The van der Waals surface area contributed by atoms with Crippen molar-refractivity contribution in [2.75, 3.05) is 26.2 Å². The highest BCUT2D eigenvalue weighted by molar-refractivity contribution is 5.94. The van der Waals surface area contributed by atoms with Gasteiger partial charge in [0.15, 0.2) is 0 Å². The van der Waals surface area contributed by atoms with Gasteiger partial charge in [0.2, 0.25) is 5.91 Å². The van der Waals surface area contributed by atoms with E-state index in [0.29, 0.717) is 25.2 Å². The molecule has 1 fully saturated rings. The molecule has 2 aliphatic rings. The van der Waals surface area contributed by atoms with Gasteiger partial charge >= 0.3 is 0 Å². The van der Waals surface area contributed by atoms with Gasteiger partial charge in [0.25, 0.3) is 5.91 Å². The van der Waals surface area contributed by atoms with Crippen molar-refractivity contribution in [3.63, 3.8) is 0 Å². The minimum absolute atomic E-state index is 0.00741. The number of allylic oxidation sites excluding steroid dienone is 2. The molecule has 0 saturated carbocycles. The zero-order valence-corrected chi connectivity index (χ0v) is 13.4. The molecule has 1 aliphatic heterocycles. The number of hydrogen-bond acceptors (Lipinski definition) is 3. The standard InChI is InChI=1S/C18H23N3O2/c22-17(15-6-2-1-3-7-15)20-10-5-11-21(13-12-20)18(23)16-8-4-9-19-14-16/h1-2,4,8-9,14-15H,3,5-7,10-13H2. The van der Waals surface area contributed by atoms with Gasteiger partial charge in [0.1, 0.15) is 0 Å². The van der Waals surface area contributed by atoms with Crippen molar-refractivity contribution in [1.29, 1.82) is 0 Å². The van der Waals surface area contributed by atoms with E-state index in [1.165, 1.54) is 0 Å². The number of carbonyl (C=O) groups excluding carboxylic acids is 2. The minimum atomic E-state index is 0.00741. The van der Waals surface area contributed by atoms with Crippen molar-refractivity contribution >= 4 is 11.8 Å². The summed E-state index contributed by atoms with van der Waals surface area (Å²) in [5.41, 5.74) is 0.615. The smallest absolute Gasteiger partial charge is 0.255 e. The monoisotopic (exact) mass is 313 g/mol. The van der Waals surface area contributed by atoms with Gasteiger partial charge in [-0.3, -0.25) is 14.6 Å². The van der Waals surface area contributed by atoms with Crippen LogP contribution in [-0.4, -0.2) is 52.8 Å². The van der Waals surface area contributed by atoms with Crippen LogP contribution in [0.2, 0.25) is 0 Å². The fourth-order valence-corrected chi connectivity index (χ4v) is 3.29. The van der Waals surface area contributed by atoms with Crippen LogP contribution < -0.4 is 0 Å². The Labute approximate surface area is 137 Å². The second kappa shape index (κ2) is 7.40. The maximum atomic E-state index is 12.6. The van der Waals surface area contributed by atoms with Crippen molar-refractivity contribution in [3.05, 3.63) is 42.2 Å². The number of hydrogen-bond donors (Lipinski definition) is 0. The lowest BCUT2D eigenvalue weighted by atomic mass is 9.93. The molecule has 5 nitrogen and oxygen atoms in total. The number of aromatic nitrogens is 1. The summed E-state index contributed by atoms with van der Waals surface area (Å²) in [5, 5.41) is 0. The number of carbonyl (C=O) groups is 2. The molecule has 122 valence electrons. The van der Waals surface area contributed by atoms with Gasteiger partial charge in [0, 0.05) is 44.5 Å². The molecule has 2 heterocycles. The van der Waals surface area contributed by atoms with E-state index in [9.17, 15) is 9.59 Å². The fourth-order valence-electron chi connectivity index (χ4n) is 3.29. The minimum Gasteiger partial charge on any atom is -0.341 e. The number of amides is 2. The Kier molecular flexibility index (Phi) is 5.05. The summed E-state index contributed by atoms with van der Waals surface area (Å²) in [6.45, 7) is 2.67. The van der Waals surface area contributed by atoms with E-state index < -0.39 is 0 Å². The number of pyridine rings is 1. The maximum absolute atomic E-state index is 12.6. The van der Waals surface area contributed by atoms with Crippen LogP contribution in [0.4, 0.5) is 0 Å². The highest BCUT2D eigenvalue weighted by atomic mass is 16.2. The zero-order valence-electron chi connectivity index (χ0n) is 13.4. The van der Waals surface area contributed by atoms with Crippen LogP contribution in [0, 0.1) is 5.92 Å². The fraction of sp³-hybridized carbons (Fsp3) is 0.500. The first-order chi connectivity index (χ1) is 11.3. The van der Waals surface area contributed by atoms with Crippen LogP contribution in [0.1, 0.15) is 36.0 Å². The molecule has 1 aromatic heterocycles. The first kappa shape index (κ1) is 15.7. The van der Waals surface area contributed by atoms with Crippen molar-refractivity contribution in [2.24, 2.45) is 5.92 Å². The van der Waals surface area contributed by atoms with Crippen LogP contribution >= 0.6 is 0 Å². The van der Waals surface area contributed by atoms with Crippen molar-refractivity contribution in [2.45, 2.75) is 25.7 Å². The Morgan fingerprint density at radius 2 is 1.91 bits per heavy atom. The Balaban J connectivity index is 1.60. The van der Waals surface area contributed by atoms with E-state index in [4.69, 9.17) is 0 Å². The summed E-state index contributed by atoms with van der Waals surface area (Å²) in [7, 11) is 0. The summed E-state index contributed by atoms with van der Waals surface area (Å²) in [6.07, 6.45) is 11.2. The van der Waals surface area contributed by atoms with Crippen LogP contribution in [0.15, 0.2) is 36.7 Å². The van der Waals surface area contributed by atoms with E-state index in [1.54, 1.807) is 24.5 Å². The SMILES string of the molecule is O=C(c1cccnc1)N1CCCN(C(=O)C2CC=CCC2)CC1. The lowest BCUT2D eigenvalue weighted by Gasteiger charge is -2.27. The quantitative estimate of drug-likeness (QED) is 0.786. The molecule has 1 aliphatic carbocycles. The molecule has 0 N–H and O–H groups in total. The molecule has 1 saturated heterocycles. The van der Waals surface area contributed by atoms with Gasteiger partial charge in [-0.1, -0.05) is 12.2 Å². The van der Waals surface area contributed by atoms with E-state index in [2.05, 4.69) is 17.1 Å². The van der Waals surface area contributed by atoms with Gasteiger partial charge in [-0.25, -0.2) is 0 Å².